The normalized spacial score (nSPS) is 11.0. The van der Waals surface area contributed by atoms with Gasteiger partial charge < -0.3 is 15.7 Å². The third-order valence-corrected chi connectivity index (χ3v) is 4.27. The van der Waals surface area contributed by atoms with E-state index in [0.29, 0.717) is 16.7 Å². The maximum Gasteiger partial charge on any atom is 0.335 e. The predicted octanol–water partition coefficient (Wildman–Crippen LogP) is 2.25. The van der Waals surface area contributed by atoms with E-state index in [1.807, 2.05) is 30.5 Å². The summed E-state index contributed by atoms with van der Waals surface area (Å²) in [4.78, 5) is 21.8. The summed E-state index contributed by atoms with van der Waals surface area (Å²) in [5.74, 6) is -0.188. The number of nitrogens with zero attached hydrogens (tertiary/aromatic N) is 5. The van der Waals surface area contributed by atoms with Gasteiger partial charge in [-0.2, -0.15) is 10.1 Å². The smallest absolute Gasteiger partial charge is 0.335 e. The zero-order valence-electron chi connectivity index (χ0n) is 15.1. The summed E-state index contributed by atoms with van der Waals surface area (Å²) in [6.07, 6.45) is 0.864. The molecule has 0 unspecified atom stereocenters. The van der Waals surface area contributed by atoms with Crippen LogP contribution in [-0.2, 0) is 6.54 Å². The number of aromatic nitrogens is 4. The Morgan fingerprint density at radius 1 is 1.27 bits per heavy atom. The first kappa shape index (κ1) is 17.7. The molecular formula is C18H22N6O2. The van der Waals surface area contributed by atoms with Crippen molar-refractivity contribution in [2.75, 3.05) is 24.2 Å². The summed E-state index contributed by atoms with van der Waals surface area (Å²) in [5, 5.41) is 14.4. The summed E-state index contributed by atoms with van der Waals surface area (Å²) < 4.78 is 1.98. The molecule has 8 heteroatoms. The van der Waals surface area contributed by atoms with Crippen LogP contribution in [0.4, 0.5) is 11.8 Å². The fraction of sp³-hybridized carbons (Fsp3) is 0.333. The highest BCUT2D eigenvalue weighted by molar-refractivity contribution is 5.97. The van der Waals surface area contributed by atoms with E-state index in [0.717, 1.165) is 30.9 Å². The molecule has 0 aliphatic rings. The van der Waals surface area contributed by atoms with Crippen molar-refractivity contribution in [1.82, 2.24) is 19.7 Å². The van der Waals surface area contributed by atoms with E-state index in [2.05, 4.69) is 21.1 Å². The van der Waals surface area contributed by atoms with Gasteiger partial charge in [0.1, 0.15) is 5.82 Å². The molecule has 0 saturated heterocycles. The number of nitrogens with two attached hydrogens (primary N) is 1. The maximum atomic E-state index is 11.3. The van der Waals surface area contributed by atoms with Gasteiger partial charge >= 0.3 is 5.97 Å². The van der Waals surface area contributed by atoms with E-state index in [1.54, 1.807) is 12.1 Å². The van der Waals surface area contributed by atoms with Crippen molar-refractivity contribution in [3.05, 3.63) is 41.2 Å². The Morgan fingerprint density at radius 2 is 2.04 bits per heavy atom. The number of aryl methyl sites for hydroxylation is 3. The molecule has 2 aromatic heterocycles. The minimum Gasteiger partial charge on any atom is -0.478 e. The number of carboxylic acid groups (broad SMARTS) is 1. The molecule has 3 aromatic rings. The summed E-state index contributed by atoms with van der Waals surface area (Å²) in [5.41, 5.74) is 8.79. The molecule has 8 nitrogen and oxygen atoms in total. The van der Waals surface area contributed by atoms with E-state index in [9.17, 15) is 9.90 Å². The van der Waals surface area contributed by atoms with Crippen molar-refractivity contribution in [3.63, 3.8) is 0 Å². The van der Waals surface area contributed by atoms with Crippen molar-refractivity contribution in [2.45, 2.75) is 26.8 Å². The number of anilines is 2. The van der Waals surface area contributed by atoms with Crippen LogP contribution in [0.1, 0.15) is 28.2 Å². The standard InChI is InChI=1S/C18H22N6O2/c1-11-9-12(2)24(22-11)8-4-7-23(3)16-14-10-13(17(25)26)5-6-15(14)20-18(19)21-16/h5-6,9-10H,4,7-8H2,1-3H3,(H,25,26)(H2,19,20,21). The highest BCUT2D eigenvalue weighted by Crippen LogP contribution is 2.25. The molecule has 0 fully saturated rings. The molecule has 1 aromatic carbocycles. The van der Waals surface area contributed by atoms with Gasteiger partial charge in [-0.1, -0.05) is 0 Å². The Kier molecular flexibility index (Phi) is 4.75. The van der Waals surface area contributed by atoms with Crippen LogP contribution >= 0.6 is 0 Å². The Hall–Kier alpha value is -3.16. The lowest BCUT2D eigenvalue weighted by molar-refractivity contribution is 0.0697. The second kappa shape index (κ2) is 6.99. The number of carbonyl (C=O) groups is 1. The van der Waals surface area contributed by atoms with E-state index in [4.69, 9.17) is 5.73 Å². The van der Waals surface area contributed by atoms with E-state index < -0.39 is 5.97 Å². The first-order chi connectivity index (χ1) is 12.3. The molecule has 2 heterocycles. The van der Waals surface area contributed by atoms with E-state index in [1.165, 1.54) is 6.07 Å². The first-order valence-electron chi connectivity index (χ1n) is 8.38. The fourth-order valence-electron chi connectivity index (χ4n) is 3.02. The molecule has 0 bridgehead atoms. The van der Waals surface area contributed by atoms with Crippen molar-refractivity contribution in [3.8, 4) is 0 Å². The average molecular weight is 354 g/mol. The molecule has 136 valence electrons. The third kappa shape index (κ3) is 3.58. The van der Waals surface area contributed by atoms with Crippen LogP contribution in [0.15, 0.2) is 24.3 Å². The van der Waals surface area contributed by atoms with Crippen LogP contribution in [0.3, 0.4) is 0 Å². The van der Waals surface area contributed by atoms with Gasteiger partial charge in [-0.05, 0) is 44.5 Å². The van der Waals surface area contributed by atoms with Crippen LogP contribution in [0.25, 0.3) is 10.9 Å². The second-order valence-corrected chi connectivity index (χ2v) is 6.37. The van der Waals surface area contributed by atoms with Gasteiger partial charge in [-0.25, -0.2) is 9.78 Å². The highest BCUT2D eigenvalue weighted by atomic mass is 16.4. The van der Waals surface area contributed by atoms with Gasteiger partial charge in [0.05, 0.1) is 16.8 Å². The molecule has 26 heavy (non-hydrogen) atoms. The molecule has 3 N–H and O–H groups in total. The summed E-state index contributed by atoms with van der Waals surface area (Å²) in [7, 11) is 1.91. The fourth-order valence-corrected chi connectivity index (χ4v) is 3.02. The molecular weight excluding hydrogens is 332 g/mol. The minimum atomic E-state index is -0.984. The van der Waals surface area contributed by atoms with Crippen LogP contribution in [0.5, 0.6) is 0 Å². The number of aromatic carboxylic acids is 1. The van der Waals surface area contributed by atoms with Gasteiger partial charge in [-0.15, -0.1) is 0 Å². The third-order valence-electron chi connectivity index (χ3n) is 4.27. The first-order valence-corrected chi connectivity index (χ1v) is 8.38. The Bertz CT molecular complexity index is 966. The predicted molar refractivity (Wildman–Crippen MR) is 100 cm³/mol. The van der Waals surface area contributed by atoms with Crippen LogP contribution in [-0.4, -0.2) is 44.4 Å². The Balaban J connectivity index is 1.82. The number of benzene rings is 1. The number of hydrogen-bond donors (Lipinski definition) is 2. The van der Waals surface area contributed by atoms with Crippen LogP contribution < -0.4 is 10.6 Å². The average Bonchev–Trinajstić information content (AvgIpc) is 2.90. The molecule has 0 radical (unpaired) electrons. The van der Waals surface area contributed by atoms with E-state index in [-0.39, 0.29) is 11.5 Å². The number of carboxylic acids is 1. The van der Waals surface area contributed by atoms with Gasteiger partial charge in [-0.3, -0.25) is 4.68 Å². The summed E-state index contributed by atoms with van der Waals surface area (Å²) in [6.45, 7) is 5.53. The maximum absolute atomic E-state index is 11.3. The van der Waals surface area contributed by atoms with Crippen LogP contribution in [0, 0.1) is 13.8 Å². The van der Waals surface area contributed by atoms with Crippen molar-refractivity contribution < 1.29 is 9.90 Å². The minimum absolute atomic E-state index is 0.168. The zero-order valence-corrected chi connectivity index (χ0v) is 15.1. The monoisotopic (exact) mass is 354 g/mol. The largest absolute Gasteiger partial charge is 0.478 e. The van der Waals surface area contributed by atoms with Crippen molar-refractivity contribution >= 4 is 28.6 Å². The number of fused-ring (bicyclic) bond motifs is 1. The quantitative estimate of drug-likeness (QED) is 0.698. The SMILES string of the molecule is Cc1cc(C)n(CCCN(C)c2nc(N)nc3ccc(C(=O)O)cc23)n1. The lowest BCUT2D eigenvalue weighted by atomic mass is 10.1. The molecule has 0 atom stereocenters. The lowest BCUT2D eigenvalue weighted by Crippen LogP contribution is -2.22. The van der Waals surface area contributed by atoms with Gasteiger partial charge in [0.15, 0.2) is 0 Å². The van der Waals surface area contributed by atoms with Crippen molar-refractivity contribution in [2.24, 2.45) is 0 Å². The molecule has 0 saturated carbocycles. The lowest BCUT2D eigenvalue weighted by Gasteiger charge is -2.20. The van der Waals surface area contributed by atoms with Gasteiger partial charge in [0, 0.05) is 31.2 Å². The van der Waals surface area contributed by atoms with Crippen LogP contribution in [0.2, 0.25) is 0 Å². The number of nitrogen functional groups attached to an aromatic ring is 1. The molecule has 0 amide bonds. The Morgan fingerprint density at radius 3 is 2.69 bits per heavy atom. The summed E-state index contributed by atoms with van der Waals surface area (Å²) in [6, 6.07) is 6.81. The molecule has 0 spiro atoms. The van der Waals surface area contributed by atoms with Gasteiger partial charge in [0.25, 0.3) is 0 Å². The van der Waals surface area contributed by atoms with E-state index >= 15 is 0 Å². The highest BCUT2D eigenvalue weighted by Gasteiger charge is 2.13. The molecule has 0 aliphatic heterocycles. The Labute approximate surface area is 151 Å². The topological polar surface area (TPSA) is 110 Å². The molecule has 0 aliphatic carbocycles. The number of rotatable bonds is 6. The number of hydrogen-bond acceptors (Lipinski definition) is 6. The van der Waals surface area contributed by atoms with Crippen molar-refractivity contribution in [1.29, 1.82) is 0 Å². The molecule has 3 rings (SSSR count). The summed E-state index contributed by atoms with van der Waals surface area (Å²) >= 11 is 0. The second-order valence-electron chi connectivity index (χ2n) is 6.37. The zero-order chi connectivity index (χ0) is 18.8. The van der Waals surface area contributed by atoms with Gasteiger partial charge in [0.2, 0.25) is 5.95 Å².